The van der Waals surface area contributed by atoms with Gasteiger partial charge in [0.2, 0.25) is 0 Å². The number of carbonyl (C=O) groups is 2. The molecule has 1 saturated heterocycles. The predicted molar refractivity (Wildman–Crippen MR) is 128 cm³/mol. The Bertz CT molecular complexity index is 939. The van der Waals surface area contributed by atoms with Crippen LogP contribution in [0.2, 0.25) is 0 Å². The second-order valence-corrected chi connectivity index (χ2v) is 10.2. The largest absolute Gasteiger partial charge is 1.00 e. The first kappa shape index (κ1) is 28.4. The maximum atomic E-state index is 13.4. The number of aromatic nitrogens is 2. The van der Waals surface area contributed by atoms with Crippen LogP contribution in [0, 0.1) is 11.8 Å². The molecule has 0 aliphatic carbocycles. The van der Waals surface area contributed by atoms with Crippen LogP contribution in [-0.2, 0) is 6.42 Å². The Labute approximate surface area is 216 Å². The third kappa shape index (κ3) is 7.60. The van der Waals surface area contributed by atoms with E-state index in [4.69, 9.17) is 0 Å². The Kier molecular flexibility index (Phi) is 11.1. The van der Waals surface area contributed by atoms with E-state index in [-0.39, 0.29) is 30.5 Å². The van der Waals surface area contributed by atoms with Crippen LogP contribution < -0.4 is 24.0 Å². The van der Waals surface area contributed by atoms with Gasteiger partial charge in [-0.2, -0.15) is 0 Å². The molecule has 1 amide bonds. The number of likely N-dealkylation sites (tertiary alicyclic amines) is 1. The van der Waals surface area contributed by atoms with Crippen molar-refractivity contribution in [3.63, 3.8) is 0 Å². The van der Waals surface area contributed by atoms with Crippen molar-refractivity contribution in [2.75, 3.05) is 32.7 Å². The van der Waals surface area contributed by atoms with Gasteiger partial charge in [-0.25, -0.2) is 4.98 Å². The number of nitrogens with zero attached hydrogens (tertiary/aromatic N) is 4. The number of carboxylic acid groups (broad SMARTS) is 1. The molecule has 0 radical (unpaired) electrons. The number of amides is 1. The molecule has 1 fully saturated rings. The normalized spacial score (nSPS) is 14.2. The Hall–Kier alpha value is -1.81. The van der Waals surface area contributed by atoms with Gasteiger partial charge in [-0.1, -0.05) is 27.7 Å². The summed E-state index contributed by atoms with van der Waals surface area (Å²) >= 11 is 0. The number of aryl methyl sites for hydroxylation is 1. The molecule has 0 saturated carbocycles. The summed E-state index contributed by atoms with van der Waals surface area (Å²) in [7, 11) is 0. The second-order valence-electron chi connectivity index (χ2n) is 10.2. The first-order valence-corrected chi connectivity index (χ1v) is 12.5. The molecule has 8 heteroatoms. The Morgan fingerprint density at radius 2 is 1.68 bits per heavy atom. The molecule has 0 bridgehead atoms. The summed E-state index contributed by atoms with van der Waals surface area (Å²) in [6.45, 7) is 13.3. The van der Waals surface area contributed by atoms with E-state index in [1.807, 2.05) is 4.90 Å². The molecule has 182 valence electrons. The van der Waals surface area contributed by atoms with Crippen molar-refractivity contribution in [2.45, 2.75) is 66.2 Å². The smallest absolute Gasteiger partial charge is 0.543 e. The Balaban J connectivity index is 0.00000408. The third-order valence-electron chi connectivity index (χ3n) is 6.48. The van der Waals surface area contributed by atoms with Crippen molar-refractivity contribution in [2.24, 2.45) is 11.8 Å². The monoisotopic (exact) mass is 462 g/mol. The fourth-order valence-electron chi connectivity index (χ4n) is 4.42. The van der Waals surface area contributed by atoms with Gasteiger partial charge in [0, 0.05) is 19.3 Å². The minimum atomic E-state index is -1.27. The summed E-state index contributed by atoms with van der Waals surface area (Å²) in [5.41, 5.74) is 1.71. The van der Waals surface area contributed by atoms with Crippen LogP contribution in [0.25, 0.3) is 5.65 Å². The molecule has 2 aromatic rings. The number of pyridine rings is 1. The molecule has 0 spiro atoms. The maximum absolute atomic E-state index is 13.4. The fraction of sp³-hybridized carbons (Fsp3) is 0.654. The summed E-state index contributed by atoms with van der Waals surface area (Å²) in [6.07, 6.45) is 7.57. The quantitative estimate of drug-likeness (QED) is 0.423. The number of hydrogen-bond acceptors (Lipinski definition) is 5. The third-order valence-corrected chi connectivity index (χ3v) is 6.48. The van der Waals surface area contributed by atoms with Crippen LogP contribution in [0.1, 0.15) is 86.3 Å². The molecule has 0 unspecified atom stereocenters. The first-order chi connectivity index (χ1) is 15.8. The van der Waals surface area contributed by atoms with Gasteiger partial charge in [0.05, 0.1) is 17.2 Å². The molecule has 0 N–H and O–H groups in total. The van der Waals surface area contributed by atoms with E-state index in [0.29, 0.717) is 35.2 Å². The van der Waals surface area contributed by atoms with Crippen LogP contribution in [0.5, 0.6) is 0 Å². The topological polar surface area (TPSA) is 81.0 Å². The summed E-state index contributed by atoms with van der Waals surface area (Å²) in [5, 5.41) is 11.8. The zero-order chi connectivity index (χ0) is 24.0. The number of rotatable bonds is 12. The van der Waals surface area contributed by atoms with Crippen molar-refractivity contribution >= 4 is 17.5 Å². The number of hydrogen-bond donors (Lipinski definition) is 0. The SMILES string of the molecule is CC(C)CCN(CCC(C)C)C(=O)c1ccc2nc(C(=O)[O-])c(CCCN3CCCC3)n2c1.[Li+]. The predicted octanol–water partition coefficient (Wildman–Crippen LogP) is 0.265. The summed E-state index contributed by atoms with van der Waals surface area (Å²) < 4.78 is 1.78. The maximum Gasteiger partial charge on any atom is 1.00 e. The van der Waals surface area contributed by atoms with Crippen molar-refractivity contribution in [1.29, 1.82) is 0 Å². The Morgan fingerprint density at radius 1 is 1.06 bits per heavy atom. The Morgan fingerprint density at radius 3 is 2.24 bits per heavy atom. The summed E-state index contributed by atoms with van der Waals surface area (Å²) in [4.78, 5) is 33.8. The molecule has 3 heterocycles. The number of aromatic carboxylic acids is 1. The zero-order valence-corrected chi connectivity index (χ0v) is 21.7. The van der Waals surface area contributed by atoms with Gasteiger partial charge in [-0.15, -0.1) is 0 Å². The van der Waals surface area contributed by atoms with Crippen LogP contribution in [0.3, 0.4) is 0 Å². The van der Waals surface area contributed by atoms with Crippen LogP contribution >= 0.6 is 0 Å². The van der Waals surface area contributed by atoms with Gasteiger partial charge >= 0.3 is 18.9 Å². The van der Waals surface area contributed by atoms with E-state index < -0.39 is 5.97 Å². The standard InChI is InChI=1S/C26H40N4O3.Li/c1-19(2)11-16-29(17-12-20(3)4)25(31)21-9-10-23-27-24(26(32)33)22(30(23)18-21)8-7-15-28-13-5-6-14-28;/h9-10,18-20H,5-8,11-17H2,1-4H3,(H,32,33);/q;+1/p-1. The van der Waals surface area contributed by atoms with E-state index in [0.717, 1.165) is 52.0 Å². The molecule has 0 atom stereocenters. The number of imidazole rings is 1. The summed E-state index contributed by atoms with van der Waals surface area (Å²) in [6, 6.07) is 3.50. The van der Waals surface area contributed by atoms with Crippen molar-refractivity contribution in [1.82, 2.24) is 19.2 Å². The molecular weight excluding hydrogens is 423 g/mol. The number of carbonyl (C=O) groups excluding carboxylic acids is 2. The van der Waals surface area contributed by atoms with Gasteiger partial charge < -0.3 is 24.1 Å². The first-order valence-electron chi connectivity index (χ1n) is 12.5. The van der Waals surface area contributed by atoms with E-state index in [1.165, 1.54) is 12.8 Å². The van der Waals surface area contributed by atoms with Crippen molar-refractivity contribution < 1.29 is 33.6 Å². The molecule has 34 heavy (non-hydrogen) atoms. The van der Waals surface area contributed by atoms with Gasteiger partial charge in [0.1, 0.15) is 11.3 Å². The van der Waals surface area contributed by atoms with E-state index >= 15 is 0 Å². The van der Waals surface area contributed by atoms with Gasteiger partial charge in [-0.3, -0.25) is 4.79 Å². The van der Waals surface area contributed by atoms with Gasteiger partial charge in [0.15, 0.2) is 0 Å². The molecule has 2 aromatic heterocycles. The van der Waals surface area contributed by atoms with E-state index in [1.54, 1.807) is 22.7 Å². The van der Waals surface area contributed by atoms with Crippen molar-refractivity contribution in [3.8, 4) is 0 Å². The average Bonchev–Trinajstić information content (AvgIpc) is 3.41. The molecule has 7 nitrogen and oxygen atoms in total. The van der Waals surface area contributed by atoms with E-state index in [9.17, 15) is 14.7 Å². The second kappa shape index (κ2) is 13.3. The van der Waals surface area contributed by atoms with Crippen molar-refractivity contribution in [3.05, 3.63) is 35.3 Å². The van der Waals surface area contributed by atoms with Gasteiger partial charge in [0.25, 0.3) is 5.91 Å². The molecular formula is C26H39LiN4O3. The number of fused-ring (bicyclic) bond motifs is 1. The van der Waals surface area contributed by atoms with Crippen LogP contribution in [0.15, 0.2) is 18.3 Å². The van der Waals surface area contributed by atoms with Crippen LogP contribution in [0.4, 0.5) is 0 Å². The zero-order valence-electron chi connectivity index (χ0n) is 21.7. The number of carboxylic acids is 1. The minimum absolute atomic E-state index is 0. The average molecular weight is 463 g/mol. The van der Waals surface area contributed by atoms with E-state index in [2.05, 4.69) is 37.6 Å². The molecule has 1 aliphatic rings. The molecule has 0 aromatic carbocycles. The van der Waals surface area contributed by atoms with Crippen LogP contribution in [-0.4, -0.2) is 63.8 Å². The summed E-state index contributed by atoms with van der Waals surface area (Å²) in [5.74, 6) is -0.241. The molecule has 1 aliphatic heterocycles. The fourth-order valence-corrected chi connectivity index (χ4v) is 4.42. The molecule has 3 rings (SSSR count). The minimum Gasteiger partial charge on any atom is -0.543 e. The van der Waals surface area contributed by atoms with Gasteiger partial charge in [-0.05, 0) is 82.1 Å².